The maximum Gasteiger partial charge on any atom is 0.203 e. The molecule has 0 aliphatic carbocycles. The van der Waals surface area contributed by atoms with Gasteiger partial charge in [-0.05, 0) is 24.6 Å². The van der Waals surface area contributed by atoms with Crippen molar-refractivity contribution in [2.45, 2.75) is 19.8 Å². The topological polar surface area (TPSA) is 78.5 Å². The number of nitrogens with zero attached hydrogens (tertiary/aromatic N) is 6. The highest BCUT2D eigenvalue weighted by Gasteiger charge is 2.16. The Hall–Kier alpha value is -3.61. The molecule has 7 heteroatoms. The third kappa shape index (κ3) is 3.46. The van der Waals surface area contributed by atoms with Crippen LogP contribution in [0.1, 0.15) is 29.8 Å². The predicted molar refractivity (Wildman–Crippen MR) is 106 cm³/mol. The van der Waals surface area contributed by atoms with Gasteiger partial charge in [-0.2, -0.15) is 10.2 Å². The molecule has 1 unspecified atom stereocenters. The molecular formula is C21H20N6O. The van der Waals surface area contributed by atoms with Crippen molar-refractivity contribution >= 4 is 0 Å². The van der Waals surface area contributed by atoms with E-state index >= 15 is 0 Å². The predicted octanol–water partition coefficient (Wildman–Crippen LogP) is 2.88. The number of benzene rings is 1. The molecule has 28 heavy (non-hydrogen) atoms. The molecule has 0 saturated carbocycles. The van der Waals surface area contributed by atoms with E-state index < -0.39 is 0 Å². The molecule has 0 amide bonds. The zero-order valence-electron chi connectivity index (χ0n) is 15.9. The third-order valence-electron chi connectivity index (χ3n) is 4.64. The molecule has 4 aromatic rings. The Kier molecular flexibility index (Phi) is 4.57. The fraction of sp³-hybridized carbons (Fsp3) is 0.190. The summed E-state index contributed by atoms with van der Waals surface area (Å²) in [5.41, 5.74) is 4.00. The molecule has 1 atom stereocenters. The van der Waals surface area contributed by atoms with Gasteiger partial charge in [-0.3, -0.25) is 9.48 Å². The number of aromatic nitrogens is 6. The van der Waals surface area contributed by atoms with Crippen LogP contribution in [0.2, 0.25) is 0 Å². The van der Waals surface area contributed by atoms with E-state index in [4.69, 9.17) is 0 Å². The summed E-state index contributed by atoms with van der Waals surface area (Å²) >= 11 is 0. The van der Waals surface area contributed by atoms with E-state index in [1.807, 2.05) is 57.4 Å². The molecule has 0 N–H and O–H groups in total. The lowest BCUT2D eigenvalue weighted by Crippen LogP contribution is -2.18. The van der Waals surface area contributed by atoms with Gasteiger partial charge < -0.3 is 0 Å². The Balaban J connectivity index is 1.73. The summed E-state index contributed by atoms with van der Waals surface area (Å²) in [5.74, 6) is 0.490. The van der Waals surface area contributed by atoms with Crippen molar-refractivity contribution in [3.63, 3.8) is 0 Å². The molecule has 3 aromatic heterocycles. The highest BCUT2D eigenvalue weighted by atomic mass is 16.1. The molecule has 3 heterocycles. The Morgan fingerprint density at radius 1 is 1.14 bits per heavy atom. The second kappa shape index (κ2) is 7.19. The molecule has 140 valence electrons. The SMILES string of the molecule is Cc1ccnc(-c2cccc(C(C)c3nn(-c4cnn(C)c4)ccc3=O)c2)n1. The third-order valence-corrected chi connectivity index (χ3v) is 4.64. The second-order valence-electron chi connectivity index (χ2n) is 6.75. The van der Waals surface area contributed by atoms with Gasteiger partial charge in [0.1, 0.15) is 11.4 Å². The number of hydrogen-bond acceptors (Lipinski definition) is 5. The largest absolute Gasteiger partial charge is 0.288 e. The molecule has 0 fully saturated rings. The second-order valence-corrected chi connectivity index (χ2v) is 6.75. The van der Waals surface area contributed by atoms with Gasteiger partial charge in [0.05, 0.1) is 12.4 Å². The van der Waals surface area contributed by atoms with Crippen LogP contribution in [0, 0.1) is 6.92 Å². The quantitative estimate of drug-likeness (QED) is 0.550. The van der Waals surface area contributed by atoms with E-state index in [2.05, 4.69) is 20.2 Å². The van der Waals surface area contributed by atoms with Crippen LogP contribution in [-0.4, -0.2) is 29.5 Å². The van der Waals surface area contributed by atoms with Gasteiger partial charge in [-0.25, -0.2) is 14.6 Å². The van der Waals surface area contributed by atoms with Gasteiger partial charge in [0.25, 0.3) is 0 Å². The molecule has 0 saturated heterocycles. The zero-order chi connectivity index (χ0) is 19.7. The van der Waals surface area contributed by atoms with Crippen molar-refractivity contribution in [3.8, 4) is 17.1 Å². The minimum atomic E-state index is -0.179. The summed E-state index contributed by atoms with van der Waals surface area (Å²) in [6, 6.07) is 11.3. The molecule has 7 nitrogen and oxygen atoms in total. The van der Waals surface area contributed by atoms with Gasteiger partial charge in [-0.1, -0.05) is 25.1 Å². The number of aryl methyl sites for hydroxylation is 2. The van der Waals surface area contributed by atoms with Crippen LogP contribution in [-0.2, 0) is 7.05 Å². The maximum atomic E-state index is 12.5. The Morgan fingerprint density at radius 2 is 2.00 bits per heavy atom. The maximum absolute atomic E-state index is 12.5. The minimum absolute atomic E-state index is 0.0927. The smallest absolute Gasteiger partial charge is 0.203 e. The first-order valence-electron chi connectivity index (χ1n) is 9.00. The average molecular weight is 372 g/mol. The summed E-state index contributed by atoms with van der Waals surface area (Å²) in [7, 11) is 1.84. The van der Waals surface area contributed by atoms with Gasteiger partial charge in [0, 0.05) is 42.7 Å². The monoisotopic (exact) mass is 372 g/mol. The lowest BCUT2D eigenvalue weighted by atomic mass is 9.95. The van der Waals surface area contributed by atoms with E-state index in [1.54, 1.807) is 34.0 Å². The normalized spacial score (nSPS) is 12.1. The molecule has 0 aliphatic rings. The van der Waals surface area contributed by atoms with Crippen LogP contribution < -0.4 is 5.43 Å². The molecule has 0 aliphatic heterocycles. The van der Waals surface area contributed by atoms with Crippen molar-refractivity contribution in [1.82, 2.24) is 29.5 Å². The number of hydrogen-bond donors (Lipinski definition) is 0. The van der Waals surface area contributed by atoms with E-state index in [0.717, 1.165) is 22.5 Å². The van der Waals surface area contributed by atoms with Crippen molar-refractivity contribution in [2.24, 2.45) is 7.05 Å². The van der Waals surface area contributed by atoms with Crippen LogP contribution in [0.15, 0.2) is 66.0 Å². The first kappa shape index (κ1) is 17.8. The summed E-state index contributed by atoms with van der Waals surface area (Å²) < 4.78 is 3.37. The van der Waals surface area contributed by atoms with Crippen molar-refractivity contribution < 1.29 is 0 Å². The molecular weight excluding hydrogens is 352 g/mol. The number of rotatable bonds is 4. The first-order valence-corrected chi connectivity index (χ1v) is 9.00. The highest BCUT2D eigenvalue weighted by molar-refractivity contribution is 5.56. The van der Waals surface area contributed by atoms with Crippen LogP contribution in [0.4, 0.5) is 0 Å². The summed E-state index contributed by atoms with van der Waals surface area (Å²) in [6.07, 6.45) is 6.97. The molecule has 0 bridgehead atoms. The Morgan fingerprint density at radius 3 is 2.75 bits per heavy atom. The highest BCUT2D eigenvalue weighted by Crippen LogP contribution is 2.25. The van der Waals surface area contributed by atoms with E-state index in [0.29, 0.717) is 11.5 Å². The molecule has 4 rings (SSSR count). The Bertz CT molecular complexity index is 1190. The van der Waals surface area contributed by atoms with E-state index in [1.165, 1.54) is 0 Å². The van der Waals surface area contributed by atoms with Gasteiger partial charge in [0.15, 0.2) is 5.82 Å². The minimum Gasteiger partial charge on any atom is -0.288 e. The fourth-order valence-corrected chi connectivity index (χ4v) is 3.09. The average Bonchev–Trinajstić information content (AvgIpc) is 3.14. The standard InChI is InChI=1S/C21H20N6O/c1-14-7-9-22-21(24-14)17-6-4-5-16(11-17)15(2)20-19(28)8-10-27(25-20)18-12-23-26(3)13-18/h4-13,15H,1-3H3. The van der Waals surface area contributed by atoms with Crippen LogP contribution in [0.5, 0.6) is 0 Å². The van der Waals surface area contributed by atoms with E-state index in [-0.39, 0.29) is 11.3 Å². The van der Waals surface area contributed by atoms with Crippen molar-refractivity contribution in [1.29, 1.82) is 0 Å². The fourth-order valence-electron chi connectivity index (χ4n) is 3.09. The molecule has 0 radical (unpaired) electrons. The zero-order valence-corrected chi connectivity index (χ0v) is 15.9. The summed E-state index contributed by atoms with van der Waals surface area (Å²) in [6.45, 7) is 3.92. The lowest BCUT2D eigenvalue weighted by Gasteiger charge is -2.13. The van der Waals surface area contributed by atoms with Crippen LogP contribution in [0.3, 0.4) is 0 Å². The van der Waals surface area contributed by atoms with Gasteiger partial charge in [0.2, 0.25) is 5.43 Å². The van der Waals surface area contributed by atoms with Gasteiger partial charge in [-0.15, -0.1) is 0 Å². The lowest BCUT2D eigenvalue weighted by molar-refractivity contribution is 0.738. The van der Waals surface area contributed by atoms with Crippen molar-refractivity contribution in [2.75, 3.05) is 0 Å². The van der Waals surface area contributed by atoms with E-state index in [9.17, 15) is 4.79 Å². The van der Waals surface area contributed by atoms with Crippen molar-refractivity contribution in [3.05, 3.63) is 88.4 Å². The van der Waals surface area contributed by atoms with Gasteiger partial charge >= 0.3 is 0 Å². The van der Waals surface area contributed by atoms with Crippen LogP contribution >= 0.6 is 0 Å². The van der Waals surface area contributed by atoms with Crippen LogP contribution in [0.25, 0.3) is 17.1 Å². The molecule has 1 aromatic carbocycles. The summed E-state index contributed by atoms with van der Waals surface area (Å²) in [4.78, 5) is 21.3. The molecule has 0 spiro atoms. The summed E-state index contributed by atoms with van der Waals surface area (Å²) in [5, 5.41) is 8.73. The first-order chi connectivity index (χ1) is 13.5. The Labute approximate surface area is 162 Å².